The highest BCUT2D eigenvalue weighted by Gasteiger charge is 2.50. The third-order valence-corrected chi connectivity index (χ3v) is 10.2. The summed E-state index contributed by atoms with van der Waals surface area (Å²) in [6, 6.07) is 6.96. The average Bonchev–Trinajstić information content (AvgIpc) is 3.38. The molecule has 4 aliphatic rings. The molecule has 4 bridgehead atoms. The molecule has 2 atom stereocenters. The fourth-order valence-corrected chi connectivity index (χ4v) is 8.09. The van der Waals surface area contributed by atoms with E-state index >= 15 is 0 Å². The number of ether oxygens (including phenoxy) is 2. The van der Waals surface area contributed by atoms with Crippen LogP contribution in [0.5, 0.6) is 0 Å². The third kappa shape index (κ3) is 7.30. The Balaban J connectivity index is 1.32. The molecule has 0 aliphatic heterocycles. The maximum absolute atomic E-state index is 14.1. The number of thioether (sulfide) groups is 1. The summed E-state index contributed by atoms with van der Waals surface area (Å²) < 4.78 is 10.8. The lowest BCUT2D eigenvalue weighted by Crippen LogP contribution is -2.62. The number of hydrogen-bond donors (Lipinski definition) is 4. The van der Waals surface area contributed by atoms with Gasteiger partial charge < -0.3 is 30.4 Å². The number of esters is 1. The molecule has 234 valence electrons. The van der Waals surface area contributed by atoms with Crippen LogP contribution in [0.4, 0.5) is 4.79 Å². The second-order valence-corrected chi connectivity index (χ2v) is 13.7. The number of nitrogens with one attached hydrogen (secondary N) is 4. The minimum Gasteiger partial charge on any atom is -0.469 e. The molecule has 10 nitrogen and oxygen atoms in total. The summed E-state index contributed by atoms with van der Waals surface area (Å²) in [7, 11) is 1.29. The first-order valence-corrected chi connectivity index (χ1v) is 16.8. The predicted molar refractivity (Wildman–Crippen MR) is 165 cm³/mol. The van der Waals surface area contributed by atoms with Gasteiger partial charge in [-0.25, -0.2) is 4.79 Å². The van der Waals surface area contributed by atoms with Gasteiger partial charge in [0.15, 0.2) is 0 Å². The zero-order chi connectivity index (χ0) is 30.6. The van der Waals surface area contributed by atoms with Crippen molar-refractivity contribution in [3.63, 3.8) is 0 Å². The Hall–Kier alpha value is -3.21. The summed E-state index contributed by atoms with van der Waals surface area (Å²) >= 11 is 1.56. The lowest BCUT2D eigenvalue weighted by Gasteiger charge is -2.53. The number of aromatic nitrogens is 1. The van der Waals surface area contributed by atoms with Gasteiger partial charge >= 0.3 is 12.1 Å². The smallest absolute Gasteiger partial charge is 0.408 e. The molecule has 4 aliphatic carbocycles. The number of para-hydroxylation sites is 1. The Morgan fingerprint density at radius 1 is 1.07 bits per heavy atom. The topological polar surface area (TPSA) is 139 Å². The van der Waals surface area contributed by atoms with Crippen LogP contribution in [0.1, 0.15) is 57.4 Å². The van der Waals surface area contributed by atoms with Crippen LogP contribution in [-0.2, 0) is 30.3 Å². The molecular weight excluding hydrogens is 568 g/mol. The van der Waals surface area contributed by atoms with Crippen LogP contribution >= 0.6 is 11.8 Å². The Bertz CT molecular complexity index is 1300. The van der Waals surface area contributed by atoms with Gasteiger partial charge in [0.1, 0.15) is 17.7 Å². The van der Waals surface area contributed by atoms with Crippen LogP contribution < -0.4 is 16.0 Å². The normalized spacial score (nSPS) is 25.9. The van der Waals surface area contributed by atoms with E-state index in [1.807, 2.05) is 36.7 Å². The first kappa shape index (κ1) is 31.2. The molecule has 0 spiro atoms. The Labute approximate surface area is 257 Å². The number of alkyl carbamates (subject to hydrolysis) is 1. The molecule has 0 unspecified atom stereocenters. The number of fused-ring (bicyclic) bond motifs is 1. The Kier molecular flexibility index (Phi) is 9.88. The van der Waals surface area contributed by atoms with E-state index in [1.165, 1.54) is 13.5 Å². The first-order valence-electron chi connectivity index (χ1n) is 15.4. The summed E-state index contributed by atoms with van der Waals surface area (Å²) in [5.74, 6) is 1.61. The summed E-state index contributed by atoms with van der Waals surface area (Å²) in [6.45, 7) is 1.78. The quantitative estimate of drug-likeness (QED) is 0.252. The standard InChI is InChI=1S/C32H44N4O6S/c1-32(17-23-18-34-25-7-5-4-6-24(23)25,30(39)35-26(9-11-43-3)29(38)33-10-8-27(37)41-2)36-31(40)42-28-21-13-19-12-20(15-21)16-22(28)14-19/h4-7,18-22,26,28,34H,8-17H2,1-3H3,(H,33,38)(H,35,39)(H,36,40)/t19?,20?,21?,22?,26-,28?,32+/m0/s1. The van der Waals surface area contributed by atoms with Gasteiger partial charge in [-0.2, -0.15) is 11.8 Å². The molecule has 0 saturated heterocycles. The third-order valence-electron chi connectivity index (χ3n) is 9.57. The highest BCUT2D eigenvalue weighted by molar-refractivity contribution is 7.98. The SMILES string of the molecule is COC(=O)CCNC(=O)[C@H](CCSC)NC(=O)[C@@](C)(Cc1c[nH]c2ccccc12)NC(=O)OC1C2CC3CC(C2)CC1C3. The molecule has 6 rings (SSSR count). The Morgan fingerprint density at radius 3 is 2.44 bits per heavy atom. The zero-order valence-electron chi connectivity index (χ0n) is 25.3. The van der Waals surface area contributed by atoms with E-state index in [9.17, 15) is 19.2 Å². The van der Waals surface area contributed by atoms with Gasteiger partial charge in [0, 0.05) is 30.1 Å². The molecule has 4 fully saturated rings. The number of carbonyl (C=O) groups is 4. The number of hydrogen-bond acceptors (Lipinski definition) is 7. The fraction of sp³-hybridized carbons (Fsp3) is 0.625. The van der Waals surface area contributed by atoms with Crippen molar-refractivity contribution >= 4 is 46.5 Å². The van der Waals surface area contributed by atoms with Crippen LogP contribution in [0.15, 0.2) is 30.5 Å². The van der Waals surface area contributed by atoms with E-state index in [2.05, 4.69) is 25.7 Å². The number of H-pyrrole nitrogens is 1. The van der Waals surface area contributed by atoms with Crippen LogP contribution in [-0.4, -0.2) is 72.2 Å². The second-order valence-electron chi connectivity index (χ2n) is 12.7. The van der Waals surface area contributed by atoms with Crippen LogP contribution in [0.2, 0.25) is 0 Å². The van der Waals surface area contributed by atoms with Gasteiger partial charge in [-0.1, -0.05) is 18.2 Å². The molecule has 1 heterocycles. The summed E-state index contributed by atoms with van der Waals surface area (Å²) in [6.07, 6.45) is 9.42. The number of carbonyl (C=O) groups excluding carboxylic acids is 4. The number of aromatic amines is 1. The van der Waals surface area contributed by atoms with E-state index in [0.717, 1.165) is 54.0 Å². The first-order chi connectivity index (χ1) is 20.7. The second kappa shape index (κ2) is 13.6. The molecule has 0 radical (unpaired) electrons. The summed E-state index contributed by atoms with van der Waals surface area (Å²) in [4.78, 5) is 55.4. The molecule has 43 heavy (non-hydrogen) atoms. The van der Waals surface area contributed by atoms with E-state index in [-0.39, 0.29) is 25.5 Å². The van der Waals surface area contributed by atoms with Crippen molar-refractivity contribution in [3.05, 3.63) is 36.0 Å². The molecule has 2 aromatic rings. The van der Waals surface area contributed by atoms with Crippen molar-refractivity contribution in [1.82, 2.24) is 20.9 Å². The zero-order valence-corrected chi connectivity index (χ0v) is 26.1. The van der Waals surface area contributed by atoms with E-state index in [4.69, 9.17) is 4.74 Å². The van der Waals surface area contributed by atoms with Gasteiger partial charge in [0.05, 0.1) is 13.5 Å². The van der Waals surface area contributed by atoms with Crippen molar-refractivity contribution in [2.45, 2.75) is 76.0 Å². The molecule has 11 heteroatoms. The number of amides is 3. The van der Waals surface area contributed by atoms with Gasteiger partial charge in [-0.15, -0.1) is 0 Å². The van der Waals surface area contributed by atoms with Crippen LogP contribution in [0.3, 0.4) is 0 Å². The highest BCUT2D eigenvalue weighted by Crippen LogP contribution is 2.54. The number of methoxy groups -OCH3 is 1. The highest BCUT2D eigenvalue weighted by atomic mass is 32.2. The molecule has 1 aromatic heterocycles. The van der Waals surface area contributed by atoms with Gasteiger partial charge in [0.25, 0.3) is 0 Å². The van der Waals surface area contributed by atoms with Crippen LogP contribution in [0.25, 0.3) is 10.9 Å². The van der Waals surface area contributed by atoms with Crippen molar-refractivity contribution in [1.29, 1.82) is 0 Å². The monoisotopic (exact) mass is 612 g/mol. The summed E-state index contributed by atoms with van der Waals surface area (Å²) in [5.41, 5.74) is 0.392. The van der Waals surface area contributed by atoms with Crippen molar-refractivity contribution in [2.75, 3.05) is 25.7 Å². The van der Waals surface area contributed by atoms with Gasteiger partial charge in [-0.05, 0) is 92.8 Å². The fourth-order valence-electron chi connectivity index (χ4n) is 7.62. The molecular formula is C32H44N4O6S. The van der Waals surface area contributed by atoms with Gasteiger partial charge in [-0.3, -0.25) is 14.4 Å². The van der Waals surface area contributed by atoms with E-state index < -0.39 is 35.5 Å². The lowest BCUT2D eigenvalue weighted by molar-refractivity contribution is -0.140. The van der Waals surface area contributed by atoms with Crippen molar-refractivity contribution < 1.29 is 28.7 Å². The van der Waals surface area contributed by atoms with Gasteiger partial charge in [0.2, 0.25) is 11.8 Å². The Morgan fingerprint density at radius 2 is 1.77 bits per heavy atom. The summed E-state index contributed by atoms with van der Waals surface area (Å²) in [5, 5.41) is 9.52. The number of rotatable bonds is 13. The van der Waals surface area contributed by atoms with E-state index in [1.54, 1.807) is 18.7 Å². The minimum absolute atomic E-state index is 0.0295. The molecule has 1 aromatic carbocycles. The largest absolute Gasteiger partial charge is 0.469 e. The van der Waals surface area contributed by atoms with Crippen LogP contribution in [0, 0.1) is 23.7 Å². The predicted octanol–water partition coefficient (Wildman–Crippen LogP) is 3.94. The van der Waals surface area contributed by atoms with E-state index in [0.29, 0.717) is 24.0 Å². The average molecular weight is 613 g/mol. The number of benzene rings is 1. The maximum Gasteiger partial charge on any atom is 0.408 e. The van der Waals surface area contributed by atoms with Crippen molar-refractivity contribution in [3.8, 4) is 0 Å². The van der Waals surface area contributed by atoms with Crippen molar-refractivity contribution in [2.24, 2.45) is 23.7 Å². The molecule has 4 saturated carbocycles. The molecule has 3 amide bonds. The maximum atomic E-state index is 14.1. The lowest BCUT2D eigenvalue weighted by atomic mass is 9.55. The minimum atomic E-state index is -1.40. The molecule has 4 N–H and O–H groups in total.